The molecule has 2 heterocycles. The highest BCUT2D eigenvalue weighted by molar-refractivity contribution is 6.09. The molecule has 2 bridgehead atoms. The Morgan fingerprint density at radius 2 is 1.13 bits per heavy atom. The summed E-state index contributed by atoms with van der Waals surface area (Å²) in [6.07, 6.45) is 0.940. The summed E-state index contributed by atoms with van der Waals surface area (Å²) in [6.45, 7) is 5.82. The zero-order chi connectivity index (χ0) is 68.7. The standard InChI is InChI=1S/C61H89N11O20/c1-31(2)18-37(22-41(74)27-67-55(87)38(19-32(3)4)24-46(77)43-9-7-17-71(43)49(80)28-66-48(79)30-72-59(91)53-34-10-11-35(20-34)54(53)60(72)92)58(90)69-33(5)44(75)13-14-47(78)65-26-40(73)21-36(12-15-50(81)82)57(89)70-42(8-6-16-64-61(62)63)45(76)23-39(25-51(83)84)56(88)68-29-52(85)86/h10-11,31-39,42-43,53-54H,6-9,12-30H2,1-5H3,(H,65,78)(H,66,79)(H,67,87)(H,68,88)(H,69,90)(H,70,89)(H,81,82)(H,83,84)(H,85,86)(H4,62,63,64)/t33-,34?,35?,36+,37+,38+,39-,42-,43?,53?,54?/m1/s1. The molecule has 4 rings (SSSR count). The Kier molecular flexibility index (Phi) is 29.8. The number of hydrogen-bond acceptors (Lipinski definition) is 18. The fraction of sp³-hybridized carbons (Fsp3) is 0.672. The molecule has 31 heteroatoms. The predicted octanol–water partition coefficient (Wildman–Crippen LogP) is -1.54. The number of ketones is 5. The second kappa shape index (κ2) is 36.3. The lowest BCUT2D eigenvalue weighted by Crippen LogP contribution is -2.48. The number of rotatable bonds is 43. The molecule has 2 aliphatic carbocycles. The van der Waals surface area contributed by atoms with Gasteiger partial charge in [0.25, 0.3) is 0 Å². The Hall–Kier alpha value is -8.80. The Morgan fingerprint density at radius 1 is 0.576 bits per heavy atom. The molecule has 508 valence electrons. The molecule has 13 N–H and O–H groups in total. The second-order valence-electron chi connectivity index (χ2n) is 25.0. The van der Waals surface area contributed by atoms with Crippen LogP contribution in [0.25, 0.3) is 0 Å². The van der Waals surface area contributed by atoms with E-state index in [1.807, 2.05) is 45.2 Å². The Balaban J connectivity index is 1.25. The molecule has 3 fully saturated rings. The number of hydrogen-bond donors (Lipinski definition) is 11. The Morgan fingerprint density at radius 3 is 1.71 bits per heavy atom. The number of aliphatic carboxylic acids is 3. The highest BCUT2D eigenvalue weighted by Gasteiger charge is 2.59. The Labute approximate surface area is 531 Å². The molecule has 0 aromatic heterocycles. The van der Waals surface area contributed by atoms with Gasteiger partial charge in [0.15, 0.2) is 34.9 Å². The van der Waals surface area contributed by atoms with E-state index in [0.717, 1.165) is 11.3 Å². The van der Waals surface area contributed by atoms with Crippen LogP contribution in [0.3, 0.4) is 0 Å². The number of allylic oxidation sites excluding steroid dienone is 2. The van der Waals surface area contributed by atoms with Crippen LogP contribution in [0.5, 0.6) is 0 Å². The van der Waals surface area contributed by atoms with Gasteiger partial charge >= 0.3 is 17.9 Å². The van der Waals surface area contributed by atoms with E-state index in [1.54, 1.807) is 0 Å². The number of nitrogens with zero attached hydrogens (tertiary/aromatic N) is 3. The number of Topliss-reactive ketones (excluding diaryl/α,β-unsaturated/α-hetero) is 5. The first-order valence-electron chi connectivity index (χ1n) is 31.1. The van der Waals surface area contributed by atoms with E-state index in [1.165, 1.54) is 11.8 Å². The lowest BCUT2D eigenvalue weighted by Gasteiger charge is -2.26. The Bertz CT molecular complexity index is 2860. The molecule has 31 nitrogen and oxygen atoms in total. The van der Waals surface area contributed by atoms with Gasteiger partial charge < -0.3 is 63.6 Å². The van der Waals surface area contributed by atoms with Crippen LogP contribution in [0.2, 0.25) is 0 Å². The molecule has 92 heavy (non-hydrogen) atoms. The van der Waals surface area contributed by atoms with Crippen molar-refractivity contribution in [3.05, 3.63) is 12.2 Å². The molecule has 9 amide bonds. The number of carboxylic acid groups (broad SMARTS) is 3. The molecule has 2 saturated heterocycles. The summed E-state index contributed by atoms with van der Waals surface area (Å²) in [5.74, 6) is -19.8. The van der Waals surface area contributed by atoms with Crippen LogP contribution < -0.4 is 43.4 Å². The van der Waals surface area contributed by atoms with Crippen molar-refractivity contribution < 1.29 is 96.8 Å². The number of nitrogens with one attached hydrogen (secondary N) is 6. The number of fused-ring (bicyclic) bond motifs is 5. The van der Waals surface area contributed by atoms with E-state index in [-0.39, 0.29) is 87.0 Å². The molecule has 0 aromatic rings. The lowest BCUT2D eigenvalue weighted by atomic mass is 9.85. The van der Waals surface area contributed by atoms with Gasteiger partial charge in [-0.05, 0) is 82.0 Å². The number of guanidine groups is 1. The van der Waals surface area contributed by atoms with E-state index in [0.29, 0.717) is 12.8 Å². The first-order chi connectivity index (χ1) is 43.3. The maximum absolute atomic E-state index is 13.8. The molecule has 11 atom stereocenters. The van der Waals surface area contributed by atoms with E-state index >= 15 is 0 Å². The van der Waals surface area contributed by atoms with Gasteiger partial charge in [-0.25, -0.2) is 0 Å². The molecular weight excluding hydrogens is 1210 g/mol. The highest BCUT2D eigenvalue weighted by Crippen LogP contribution is 2.52. The minimum atomic E-state index is -1.56. The number of carbonyl (C=O) groups excluding carboxylic acids is 14. The summed E-state index contributed by atoms with van der Waals surface area (Å²) >= 11 is 0. The third-order valence-electron chi connectivity index (χ3n) is 16.7. The fourth-order valence-electron chi connectivity index (χ4n) is 12.1. The molecule has 0 spiro atoms. The monoisotopic (exact) mass is 1300 g/mol. The summed E-state index contributed by atoms with van der Waals surface area (Å²) < 4.78 is 0. The number of carboxylic acids is 3. The number of imide groups is 1. The van der Waals surface area contributed by atoms with Gasteiger partial charge in [0.05, 0.1) is 61.9 Å². The van der Waals surface area contributed by atoms with Crippen LogP contribution in [-0.4, -0.2) is 195 Å². The summed E-state index contributed by atoms with van der Waals surface area (Å²) in [5.41, 5.74) is 10.7. The van der Waals surface area contributed by atoms with Gasteiger partial charge in [0, 0.05) is 75.8 Å². The van der Waals surface area contributed by atoms with Gasteiger partial charge in [0.2, 0.25) is 53.2 Å². The average molecular weight is 1300 g/mol. The smallest absolute Gasteiger partial charge is 0.322 e. The van der Waals surface area contributed by atoms with Crippen molar-refractivity contribution in [1.82, 2.24) is 41.7 Å². The van der Waals surface area contributed by atoms with E-state index in [4.69, 9.17) is 16.6 Å². The summed E-state index contributed by atoms with van der Waals surface area (Å²) in [7, 11) is 0. The fourth-order valence-corrected chi connectivity index (χ4v) is 12.1. The van der Waals surface area contributed by atoms with Crippen molar-refractivity contribution in [2.45, 2.75) is 155 Å². The number of amides is 9. The van der Waals surface area contributed by atoms with Gasteiger partial charge in [-0.2, -0.15) is 0 Å². The zero-order valence-electron chi connectivity index (χ0n) is 52.7. The van der Waals surface area contributed by atoms with E-state index < -0.39 is 226 Å². The molecule has 1 saturated carbocycles. The molecule has 0 radical (unpaired) electrons. The van der Waals surface area contributed by atoms with Crippen molar-refractivity contribution in [2.75, 3.05) is 45.8 Å². The zero-order valence-corrected chi connectivity index (χ0v) is 52.7. The molecule has 5 unspecified atom stereocenters. The molecular formula is C61H89N11O20. The van der Waals surface area contributed by atoms with E-state index in [9.17, 15) is 91.7 Å². The second-order valence-corrected chi connectivity index (χ2v) is 25.0. The number of aliphatic imine (C=N–C) groups is 1. The quantitative estimate of drug-likeness (QED) is 0.0108. The number of nitrogens with two attached hydrogens (primary N) is 2. The third-order valence-corrected chi connectivity index (χ3v) is 16.7. The van der Waals surface area contributed by atoms with E-state index in [2.05, 4.69) is 31.6 Å². The lowest BCUT2D eigenvalue weighted by molar-refractivity contribution is -0.145. The summed E-state index contributed by atoms with van der Waals surface area (Å²) in [4.78, 5) is 226. The maximum atomic E-state index is 13.8. The van der Waals surface area contributed by atoms with Crippen molar-refractivity contribution in [2.24, 2.45) is 75.6 Å². The first kappa shape index (κ1) is 75.7. The van der Waals surface area contributed by atoms with Crippen LogP contribution in [0.4, 0.5) is 0 Å². The largest absolute Gasteiger partial charge is 0.481 e. The van der Waals surface area contributed by atoms with Gasteiger partial charge in [0.1, 0.15) is 13.1 Å². The number of carbonyl (C=O) groups is 17. The summed E-state index contributed by atoms with van der Waals surface area (Å²) in [6, 6.07) is -3.48. The average Bonchev–Trinajstić information content (AvgIpc) is 1.59. The van der Waals surface area contributed by atoms with Crippen molar-refractivity contribution in [3.63, 3.8) is 0 Å². The summed E-state index contributed by atoms with van der Waals surface area (Å²) in [5, 5.41) is 42.2. The SMILES string of the molecule is CC(C)C[C@@H](CC(=O)C1CCCN1C(=O)CNC(=O)CN1C(=O)C2C3C=CC(C3)C2C1=O)C(=O)NCC(=O)C[C@H](CC(C)C)C(=O)N[C@H](C)C(=O)CCC(=O)NCC(=O)C[C@H](CCC(=O)O)C(=O)N[C@H](CCCN=C(N)N)C(=O)C[C@H](CC(=O)O)C(=O)NCC(=O)O. The molecule has 4 aliphatic rings. The van der Waals surface area contributed by atoms with Crippen molar-refractivity contribution >= 4 is 106 Å². The van der Waals surface area contributed by atoms with Gasteiger partial charge in [-0.3, -0.25) is 91.4 Å². The predicted molar refractivity (Wildman–Crippen MR) is 323 cm³/mol. The topological polar surface area (TPSA) is 494 Å². The number of likely N-dealkylation sites (tertiary alicyclic amines) is 2. The van der Waals surface area contributed by atoms with Gasteiger partial charge in [-0.15, -0.1) is 0 Å². The first-order valence-corrected chi connectivity index (χ1v) is 31.1. The molecule has 2 aliphatic heterocycles. The molecule has 0 aromatic carbocycles. The van der Waals surface area contributed by atoms with Crippen LogP contribution in [0.15, 0.2) is 17.1 Å². The van der Waals surface area contributed by atoms with Crippen molar-refractivity contribution in [3.8, 4) is 0 Å². The third kappa shape index (κ3) is 24.1. The maximum Gasteiger partial charge on any atom is 0.322 e. The highest BCUT2D eigenvalue weighted by atomic mass is 16.4. The minimum Gasteiger partial charge on any atom is -0.481 e. The van der Waals surface area contributed by atoms with Crippen LogP contribution in [0.1, 0.15) is 137 Å². The van der Waals surface area contributed by atoms with Crippen LogP contribution >= 0.6 is 0 Å². The minimum absolute atomic E-state index is 0.0325. The van der Waals surface area contributed by atoms with Crippen molar-refractivity contribution in [1.29, 1.82) is 0 Å². The van der Waals surface area contributed by atoms with Crippen LogP contribution in [-0.2, 0) is 81.5 Å². The van der Waals surface area contributed by atoms with Gasteiger partial charge in [-0.1, -0.05) is 39.8 Å². The van der Waals surface area contributed by atoms with Crippen LogP contribution in [0, 0.1) is 59.2 Å². The normalized spacial score (nSPS) is 19.8.